The van der Waals surface area contributed by atoms with E-state index in [0.717, 1.165) is 0 Å². The lowest BCUT2D eigenvalue weighted by Crippen LogP contribution is -2.42. The minimum absolute atomic E-state index is 0.170. The van der Waals surface area contributed by atoms with Crippen molar-refractivity contribution < 1.29 is 19.4 Å². The van der Waals surface area contributed by atoms with Gasteiger partial charge in [-0.15, -0.1) is 0 Å². The van der Waals surface area contributed by atoms with Gasteiger partial charge < -0.3 is 9.84 Å². The van der Waals surface area contributed by atoms with E-state index in [1.165, 1.54) is 4.90 Å². The summed E-state index contributed by atoms with van der Waals surface area (Å²) in [6.45, 7) is 5.71. The maximum atomic E-state index is 11.9. The van der Waals surface area contributed by atoms with Crippen LogP contribution in [0.5, 0.6) is 0 Å². The highest BCUT2D eigenvalue weighted by molar-refractivity contribution is 7.99. The molecule has 1 rings (SSSR count). The molecular formula is C11H19NO4S. The predicted octanol–water partition coefficient (Wildman–Crippen LogP) is 1.81. The number of amides is 1. The van der Waals surface area contributed by atoms with Gasteiger partial charge in [0.15, 0.2) is 0 Å². The molecule has 0 aromatic heterocycles. The summed E-state index contributed by atoms with van der Waals surface area (Å²) >= 11 is 1.58. The minimum Gasteiger partial charge on any atom is -0.465 e. The number of carbonyl (C=O) groups excluding carboxylic acids is 1. The number of likely N-dealkylation sites (tertiary alicyclic amines) is 1. The van der Waals surface area contributed by atoms with Crippen LogP contribution in [0.4, 0.5) is 4.79 Å². The highest BCUT2D eigenvalue weighted by Crippen LogP contribution is 2.27. The van der Waals surface area contributed by atoms with Crippen molar-refractivity contribution in [2.24, 2.45) is 0 Å². The standard InChI is InChI=1S/C11H19NO4S/c1-11(2,3)16-9(13)8-5-7(17-4)6-12(8)10(14)15/h7-8H,5-6H2,1-4H3,(H,14,15)/t7-,8+/m1/s1. The monoisotopic (exact) mass is 261 g/mol. The van der Waals surface area contributed by atoms with Gasteiger partial charge in [0, 0.05) is 11.8 Å². The summed E-state index contributed by atoms with van der Waals surface area (Å²) in [5.74, 6) is -0.448. The second-order valence-corrected chi connectivity index (χ2v) is 6.22. The molecule has 98 valence electrons. The van der Waals surface area contributed by atoms with Crippen LogP contribution in [-0.4, -0.2) is 51.8 Å². The number of hydrogen-bond acceptors (Lipinski definition) is 4. The van der Waals surface area contributed by atoms with E-state index in [4.69, 9.17) is 9.84 Å². The van der Waals surface area contributed by atoms with E-state index >= 15 is 0 Å². The van der Waals surface area contributed by atoms with E-state index in [1.54, 1.807) is 32.5 Å². The van der Waals surface area contributed by atoms with E-state index in [0.29, 0.717) is 13.0 Å². The number of nitrogens with zero attached hydrogens (tertiary/aromatic N) is 1. The molecule has 0 unspecified atom stereocenters. The Bertz CT molecular complexity index is 313. The first-order valence-electron chi connectivity index (χ1n) is 5.50. The number of ether oxygens (including phenoxy) is 1. The zero-order valence-electron chi connectivity index (χ0n) is 10.6. The zero-order chi connectivity index (χ0) is 13.2. The quantitative estimate of drug-likeness (QED) is 0.768. The molecule has 1 fully saturated rings. The van der Waals surface area contributed by atoms with Gasteiger partial charge in [-0.1, -0.05) is 0 Å². The van der Waals surface area contributed by atoms with Gasteiger partial charge in [-0.3, -0.25) is 4.90 Å². The van der Waals surface area contributed by atoms with Crippen molar-refractivity contribution in [3.8, 4) is 0 Å². The SMILES string of the molecule is CS[C@@H]1C[C@@H](C(=O)OC(C)(C)C)N(C(=O)O)C1. The van der Waals surface area contributed by atoms with Crippen molar-refractivity contribution in [1.82, 2.24) is 4.90 Å². The molecule has 1 aliphatic rings. The number of carbonyl (C=O) groups is 2. The largest absolute Gasteiger partial charge is 0.465 e. The van der Waals surface area contributed by atoms with Crippen molar-refractivity contribution in [3.63, 3.8) is 0 Å². The van der Waals surface area contributed by atoms with Crippen LogP contribution in [0.1, 0.15) is 27.2 Å². The summed E-state index contributed by atoms with van der Waals surface area (Å²) in [7, 11) is 0. The van der Waals surface area contributed by atoms with Gasteiger partial charge in [-0.25, -0.2) is 9.59 Å². The maximum absolute atomic E-state index is 11.9. The van der Waals surface area contributed by atoms with Gasteiger partial charge in [0.1, 0.15) is 11.6 Å². The fourth-order valence-corrected chi connectivity index (χ4v) is 2.46. The van der Waals surface area contributed by atoms with E-state index < -0.39 is 23.7 Å². The smallest absolute Gasteiger partial charge is 0.408 e. The van der Waals surface area contributed by atoms with Gasteiger partial charge >= 0.3 is 12.1 Å². The Hall–Kier alpha value is -0.910. The van der Waals surface area contributed by atoms with Crippen molar-refractivity contribution in [2.75, 3.05) is 12.8 Å². The first-order valence-corrected chi connectivity index (χ1v) is 6.78. The van der Waals surface area contributed by atoms with Gasteiger partial charge in [-0.2, -0.15) is 11.8 Å². The fraction of sp³-hybridized carbons (Fsp3) is 0.818. The van der Waals surface area contributed by atoms with Crippen LogP contribution < -0.4 is 0 Å². The minimum atomic E-state index is -1.06. The van der Waals surface area contributed by atoms with Crippen LogP contribution in [-0.2, 0) is 9.53 Å². The van der Waals surface area contributed by atoms with Crippen LogP contribution in [0.15, 0.2) is 0 Å². The Morgan fingerprint density at radius 3 is 2.41 bits per heavy atom. The van der Waals surface area contributed by atoms with Crippen LogP contribution in [0.3, 0.4) is 0 Å². The van der Waals surface area contributed by atoms with Crippen LogP contribution in [0.2, 0.25) is 0 Å². The van der Waals surface area contributed by atoms with Crippen molar-refractivity contribution in [3.05, 3.63) is 0 Å². The lowest BCUT2D eigenvalue weighted by molar-refractivity contribution is -0.159. The molecule has 5 nitrogen and oxygen atoms in total. The summed E-state index contributed by atoms with van der Waals surface area (Å²) < 4.78 is 5.24. The van der Waals surface area contributed by atoms with Crippen LogP contribution in [0.25, 0.3) is 0 Å². The Kier molecular flexibility index (Phi) is 4.30. The van der Waals surface area contributed by atoms with Crippen molar-refractivity contribution in [1.29, 1.82) is 0 Å². The molecule has 0 radical (unpaired) electrons. The first kappa shape index (κ1) is 14.2. The summed E-state index contributed by atoms with van der Waals surface area (Å²) in [6.07, 6.45) is 1.39. The number of thioether (sulfide) groups is 1. The molecule has 1 aliphatic heterocycles. The van der Waals surface area contributed by atoms with Gasteiger partial charge in [0.25, 0.3) is 0 Å². The Morgan fingerprint density at radius 1 is 1.41 bits per heavy atom. The van der Waals surface area contributed by atoms with Crippen molar-refractivity contribution >= 4 is 23.8 Å². The summed E-state index contributed by atoms with van der Waals surface area (Å²) in [6, 6.07) is -0.663. The lowest BCUT2D eigenvalue weighted by atomic mass is 10.1. The fourth-order valence-electron chi connectivity index (χ4n) is 1.77. The third-order valence-electron chi connectivity index (χ3n) is 2.52. The Balaban J connectivity index is 2.73. The highest BCUT2D eigenvalue weighted by atomic mass is 32.2. The summed E-state index contributed by atoms with van der Waals surface area (Å²) in [5.41, 5.74) is -0.585. The highest BCUT2D eigenvalue weighted by Gasteiger charge is 2.41. The molecule has 2 atom stereocenters. The molecule has 0 aromatic carbocycles. The molecular weight excluding hydrogens is 242 g/mol. The molecule has 17 heavy (non-hydrogen) atoms. The number of hydrogen-bond donors (Lipinski definition) is 1. The molecule has 0 aromatic rings. The third-order valence-corrected chi connectivity index (χ3v) is 3.53. The molecule has 1 N–H and O–H groups in total. The Morgan fingerprint density at radius 2 is 2.00 bits per heavy atom. The molecule has 0 aliphatic carbocycles. The third kappa shape index (κ3) is 3.80. The molecule has 1 amide bonds. The topological polar surface area (TPSA) is 66.8 Å². The summed E-state index contributed by atoms with van der Waals surface area (Å²) in [4.78, 5) is 24.1. The van der Waals surface area contributed by atoms with E-state index in [2.05, 4.69) is 0 Å². The van der Waals surface area contributed by atoms with Gasteiger partial charge in [-0.05, 0) is 33.4 Å². The predicted molar refractivity (Wildman–Crippen MR) is 66.3 cm³/mol. The normalized spacial score (nSPS) is 24.8. The number of carboxylic acid groups (broad SMARTS) is 1. The number of rotatable bonds is 2. The second kappa shape index (κ2) is 5.16. The van der Waals surface area contributed by atoms with Crippen molar-refractivity contribution in [2.45, 2.75) is 44.1 Å². The van der Waals surface area contributed by atoms with E-state index in [1.807, 2.05) is 6.26 Å². The lowest BCUT2D eigenvalue weighted by Gasteiger charge is -2.25. The van der Waals surface area contributed by atoms with Gasteiger partial charge in [0.2, 0.25) is 0 Å². The van der Waals surface area contributed by atoms with Gasteiger partial charge in [0.05, 0.1) is 0 Å². The molecule has 0 saturated carbocycles. The molecule has 0 bridgehead atoms. The average Bonchev–Trinajstić information content (AvgIpc) is 2.58. The van der Waals surface area contributed by atoms with Crippen LogP contribution in [0, 0.1) is 0 Å². The zero-order valence-corrected chi connectivity index (χ0v) is 11.4. The van der Waals surface area contributed by atoms with Crippen LogP contribution >= 0.6 is 11.8 Å². The average molecular weight is 261 g/mol. The first-order chi connectivity index (χ1) is 7.74. The molecule has 1 heterocycles. The molecule has 6 heteroatoms. The maximum Gasteiger partial charge on any atom is 0.408 e. The summed E-state index contributed by atoms with van der Waals surface area (Å²) in [5, 5.41) is 9.22. The molecule has 1 saturated heterocycles. The van der Waals surface area contributed by atoms with E-state index in [9.17, 15) is 9.59 Å². The Labute approximate surface area is 105 Å². The van der Waals surface area contributed by atoms with E-state index in [-0.39, 0.29) is 5.25 Å². The molecule has 0 spiro atoms. The second-order valence-electron chi connectivity index (χ2n) is 5.08. The number of esters is 1.